The van der Waals surface area contributed by atoms with Gasteiger partial charge in [-0.3, -0.25) is 0 Å². The highest BCUT2D eigenvalue weighted by Crippen LogP contribution is 2.56. The highest BCUT2D eigenvalue weighted by Gasteiger charge is 2.49. The van der Waals surface area contributed by atoms with Crippen LogP contribution in [0.5, 0.6) is 0 Å². The number of hydrogen-bond donors (Lipinski definition) is 0. The van der Waals surface area contributed by atoms with Gasteiger partial charge >= 0.3 is 0 Å². The monoisotopic (exact) mass is 1490 g/mol. The summed E-state index contributed by atoms with van der Waals surface area (Å²) in [5, 5.41) is 0. The number of fused-ring (bicyclic) bond motifs is 8. The molecule has 4 aliphatic rings. The summed E-state index contributed by atoms with van der Waals surface area (Å²) in [7, 11) is 0. The Morgan fingerprint density at radius 1 is 0.235 bits per heavy atom. The molecule has 0 saturated carbocycles. The van der Waals surface area contributed by atoms with Gasteiger partial charge in [-0.25, -0.2) is 0 Å². The average molecular weight is 1490 g/mol. The molecular formula is C109H106B2N4. The molecule has 14 aromatic carbocycles. The molecule has 18 rings (SSSR count). The van der Waals surface area contributed by atoms with Crippen molar-refractivity contribution in [1.29, 1.82) is 0 Å². The molecule has 0 bridgehead atoms. The largest absolute Gasteiger partial charge is 0.311 e. The predicted molar refractivity (Wildman–Crippen MR) is 498 cm³/mol. The Labute approximate surface area is 685 Å². The lowest BCUT2D eigenvalue weighted by molar-refractivity contribution is 0.523. The molecule has 14 aromatic rings. The first-order valence-corrected chi connectivity index (χ1v) is 41.7. The normalized spacial score (nSPS) is 13.8. The van der Waals surface area contributed by atoms with Crippen LogP contribution in [-0.2, 0) is 38.9 Å². The Balaban J connectivity index is 0.930. The molecule has 4 heterocycles. The number of hydrogen-bond acceptors (Lipinski definition) is 4. The first-order valence-electron chi connectivity index (χ1n) is 41.7. The number of para-hydroxylation sites is 3. The number of anilines is 12. The van der Waals surface area contributed by atoms with E-state index in [-0.39, 0.29) is 40.5 Å². The topological polar surface area (TPSA) is 13.0 Å². The summed E-state index contributed by atoms with van der Waals surface area (Å²) in [5.74, 6) is 0. The molecule has 0 fully saturated rings. The smallest absolute Gasteiger partial charge is 0.252 e. The minimum Gasteiger partial charge on any atom is -0.311 e. The molecule has 0 aromatic heterocycles. The van der Waals surface area contributed by atoms with E-state index in [0.717, 1.165) is 12.1 Å². The molecule has 4 nitrogen and oxygen atoms in total. The van der Waals surface area contributed by atoms with Crippen LogP contribution in [0.25, 0.3) is 44.5 Å². The second-order valence-corrected chi connectivity index (χ2v) is 38.9. The zero-order valence-corrected chi connectivity index (χ0v) is 70.5. The van der Waals surface area contributed by atoms with Gasteiger partial charge in [-0.05, 0) is 230 Å². The van der Waals surface area contributed by atoms with Gasteiger partial charge in [0, 0.05) is 79.1 Å². The standard InChI is InChI=1S/C109H106B2N4/c1-70-57-96-100-97(58-70)114(103-86(74-41-28-21-29-42-74)63-80(108(14,15)16)64-87(103)75-43-30-22-31-44-75)93-56-51-71(59-91(93)111(100)88-49-34-35-50-92(88)112(96)82-45-32-23-33-46-82)69-109(17,18)81-67-98-101-99(68-81)115(102-84(72-37-24-19-25-38-72)47-36-48-85(102)73-39-26-20-27-40-73)95-66-77(105(5,6)7)53-55-90(95)110(101)89-54-52-76(104(2,3)4)65-94(89)113(98)83-61-78(106(8,9)10)60-79(62-83)107(11,12)13/h19-68H,69H2,1-18H3. The maximum atomic E-state index is 2.74. The van der Waals surface area contributed by atoms with Gasteiger partial charge in [-0.2, -0.15) is 0 Å². The highest BCUT2D eigenvalue weighted by atomic mass is 15.2. The van der Waals surface area contributed by atoms with Crippen molar-refractivity contribution in [2.45, 2.75) is 164 Å². The van der Waals surface area contributed by atoms with Gasteiger partial charge < -0.3 is 19.6 Å². The van der Waals surface area contributed by atoms with Crippen molar-refractivity contribution >= 4 is 114 Å². The van der Waals surface area contributed by atoms with Gasteiger partial charge in [-0.15, -0.1) is 0 Å². The minimum atomic E-state index is -0.494. The Hall–Kier alpha value is -11.6. The number of rotatable bonds is 11. The Kier molecular flexibility index (Phi) is 17.9. The SMILES string of the molecule is Cc1cc2c3c(c1)N(c1c(-c4ccccc4)cc(C(C)(C)C)cc1-c1ccccc1)c1ccc(CC(C)(C)c4cc5c6c(c4)N(c4c(-c7ccccc7)cccc4-c4ccccc4)c4cc(C(C)(C)C)ccc4B6c4ccc(C(C)(C)C)cc4N5c4cc(C(C)(C)C)cc(C(C)(C)C)c4)cc1B3c1ccccc1N2c1ccccc1. The average Bonchev–Trinajstić information content (AvgIpc) is 0.699. The maximum Gasteiger partial charge on any atom is 0.252 e. The quantitative estimate of drug-likeness (QED) is 0.120. The van der Waals surface area contributed by atoms with Crippen LogP contribution in [0.3, 0.4) is 0 Å². The zero-order valence-electron chi connectivity index (χ0n) is 70.5. The van der Waals surface area contributed by atoms with E-state index in [4.69, 9.17) is 0 Å². The van der Waals surface area contributed by atoms with Gasteiger partial charge in [0.15, 0.2) is 0 Å². The van der Waals surface area contributed by atoms with Crippen LogP contribution in [0.4, 0.5) is 68.2 Å². The van der Waals surface area contributed by atoms with Gasteiger partial charge in [0.25, 0.3) is 13.4 Å². The van der Waals surface area contributed by atoms with Crippen LogP contribution in [0, 0.1) is 6.92 Å². The predicted octanol–water partition coefficient (Wildman–Crippen LogP) is 25.8. The molecule has 4 aliphatic heterocycles. The van der Waals surface area contributed by atoms with Crippen LogP contribution in [0.1, 0.15) is 162 Å². The first kappa shape index (κ1) is 74.8. The van der Waals surface area contributed by atoms with Crippen molar-refractivity contribution in [2.75, 3.05) is 19.6 Å². The maximum absolute atomic E-state index is 2.74. The molecule has 0 unspecified atom stereocenters. The lowest BCUT2D eigenvalue weighted by Gasteiger charge is -2.47. The third-order valence-corrected chi connectivity index (χ3v) is 25.1. The van der Waals surface area contributed by atoms with Crippen LogP contribution in [-0.4, -0.2) is 13.4 Å². The molecular weight excluding hydrogens is 1390 g/mol. The highest BCUT2D eigenvalue weighted by molar-refractivity contribution is 7.01. The van der Waals surface area contributed by atoms with E-state index in [2.05, 4.69) is 448 Å². The van der Waals surface area contributed by atoms with Crippen LogP contribution < -0.4 is 52.4 Å². The molecule has 0 amide bonds. The third-order valence-electron chi connectivity index (χ3n) is 25.1. The summed E-state index contributed by atoms with van der Waals surface area (Å²) in [6.45, 7) is 42.7. The van der Waals surface area contributed by atoms with E-state index in [1.807, 2.05) is 0 Å². The molecule has 0 N–H and O–H groups in total. The molecule has 568 valence electrons. The number of benzene rings is 14. The van der Waals surface area contributed by atoms with Gasteiger partial charge in [0.05, 0.1) is 11.4 Å². The number of nitrogens with zero attached hydrogens (tertiary/aromatic N) is 4. The second kappa shape index (κ2) is 27.6. The van der Waals surface area contributed by atoms with Crippen molar-refractivity contribution < 1.29 is 0 Å². The van der Waals surface area contributed by atoms with Crippen LogP contribution in [0.2, 0.25) is 0 Å². The Bertz CT molecular complexity index is 5990. The Morgan fingerprint density at radius 2 is 0.591 bits per heavy atom. The molecule has 0 atom stereocenters. The van der Waals surface area contributed by atoms with E-state index >= 15 is 0 Å². The molecule has 0 spiro atoms. The van der Waals surface area contributed by atoms with Gasteiger partial charge in [0.1, 0.15) is 0 Å². The van der Waals surface area contributed by atoms with E-state index in [0.29, 0.717) is 0 Å². The second-order valence-electron chi connectivity index (χ2n) is 38.9. The lowest BCUT2D eigenvalue weighted by atomic mass is 9.33. The Morgan fingerprint density at radius 3 is 1.08 bits per heavy atom. The summed E-state index contributed by atoms with van der Waals surface area (Å²) < 4.78 is 0. The van der Waals surface area contributed by atoms with Crippen molar-refractivity contribution in [2.24, 2.45) is 0 Å². The summed E-state index contributed by atoms with van der Waals surface area (Å²) in [4.78, 5) is 10.7. The summed E-state index contributed by atoms with van der Waals surface area (Å²) in [5.41, 5.74) is 40.6. The molecule has 115 heavy (non-hydrogen) atoms. The molecule has 6 heteroatoms. The van der Waals surface area contributed by atoms with E-state index in [9.17, 15) is 0 Å². The van der Waals surface area contributed by atoms with Crippen molar-refractivity contribution in [3.05, 3.63) is 348 Å². The summed E-state index contributed by atoms with van der Waals surface area (Å²) >= 11 is 0. The fourth-order valence-electron chi connectivity index (χ4n) is 18.9. The van der Waals surface area contributed by atoms with Crippen LogP contribution in [0.15, 0.2) is 303 Å². The van der Waals surface area contributed by atoms with Crippen LogP contribution >= 0.6 is 0 Å². The summed E-state index contributed by atoms with van der Waals surface area (Å²) in [6.07, 6.45) is 0.740. The first-order chi connectivity index (χ1) is 54.9. The molecule has 0 aliphatic carbocycles. The molecule has 0 saturated heterocycles. The van der Waals surface area contributed by atoms with E-state index in [1.54, 1.807) is 0 Å². The van der Waals surface area contributed by atoms with E-state index < -0.39 is 5.41 Å². The fraction of sp³-hybridized carbons (Fsp3) is 0.229. The van der Waals surface area contributed by atoms with Crippen molar-refractivity contribution in [3.8, 4) is 44.5 Å². The van der Waals surface area contributed by atoms with Gasteiger partial charge in [-0.1, -0.05) is 336 Å². The zero-order chi connectivity index (χ0) is 80.2. The fourth-order valence-corrected chi connectivity index (χ4v) is 18.9. The third kappa shape index (κ3) is 13.0. The summed E-state index contributed by atoms with van der Waals surface area (Å²) in [6, 6.07) is 118. The number of aryl methyl sites for hydroxylation is 1. The molecule has 0 radical (unpaired) electrons. The van der Waals surface area contributed by atoms with Crippen molar-refractivity contribution in [3.63, 3.8) is 0 Å². The lowest BCUT2D eigenvalue weighted by Crippen LogP contribution is -2.61. The van der Waals surface area contributed by atoms with Gasteiger partial charge in [0.2, 0.25) is 0 Å². The van der Waals surface area contributed by atoms with Crippen molar-refractivity contribution in [1.82, 2.24) is 0 Å². The van der Waals surface area contributed by atoms with E-state index in [1.165, 1.54) is 184 Å². The minimum absolute atomic E-state index is 0.112.